The number of methoxy groups -OCH3 is 1. The number of hydrogen-bond donors (Lipinski definition) is 3. The van der Waals surface area contributed by atoms with Crippen LogP contribution in [0.5, 0.6) is 5.75 Å². The predicted octanol–water partition coefficient (Wildman–Crippen LogP) is 3.98. The molecule has 35 heavy (non-hydrogen) atoms. The summed E-state index contributed by atoms with van der Waals surface area (Å²) in [6, 6.07) is 14.6. The summed E-state index contributed by atoms with van der Waals surface area (Å²) in [6.07, 6.45) is 0. The summed E-state index contributed by atoms with van der Waals surface area (Å²) in [5, 5.41) is 15.3. The van der Waals surface area contributed by atoms with Gasteiger partial charge in [0.25, 0.3) is 5.89 Å². The fourth-order valence-electron chi connectivity index (χ4n) is 3.40. The lowest BCUT2D eigenvalue weighted by atomic mass is 10.2. The number of aromatic nitrogens is 4. The maximum Gasteiger partial charge on any atom is 0.265 e. The van der Waals surface area contributed by atoms with Crippen LogP contribution < -0.4 is 21.1 Å². The van der Waals surface area contributed by atoms with Crippen molar-refractivity contribution in [1.29, 1.82) is 0 Å². The first-order chi connectivity index (χ1) is 16.8. The van der Waals surface area contributed by atoms with E-state index in [1.165, 1.54) is 4.68 Å². The molecule has 0 spiro atoms. The Kier molecular flexibility index (Phi) is 7.21. The van der Waals surface area contributed by atoms with Crippen molar-refractivity contribution in [2.24, 2.45) is 0 Å². The van der Waals surface area contributed by atoms with E-state index in [2.05, 4.69) is 25.9 Å². The third kappa shape index (κ3) is 5.72. The van der Waals surface area contributed by atoms with E-state index in [1.54, 1.807) is 31.4 Å². The molecule has 0 radical (unpaired) electrons. The molecule has 0 saturated heterocycles. The minimum atomic E-state index is -0.253. The molecule has 10 nitrogen and oxygen atoms in total. The zero-order chi connectivity index (χ0) is 24.9. The van der Waals surface area contributed by atoms with Gasteiger partial charge in [-0.3, -0.25) is 4.79 Å². The number of anilines is 2. The largest absolute Gasteiger partial charge is 0.497 e. The maximum atomic E-state index is 12.6. The topological polar surface area (TPSA) is 133 Å². The van der Waals surface area contributed by atoms with Gasteiger partial charge in [-0.2, -0.15) is 10.1 Å². The van der Waals surface area contributed by atoms with Gasteiger partial charge >= 0.3 is 0 Å². The van der Waals surface area contributed by atoms with Crippen LogP contribution >= 0.6 is 11.6 Å². The smallest absolute Gasteiger partial charge is 0.265 e. The zero-order valence-electron chi connectivity index (χ0n) is 19.6. The number of rotatable bonds is 9. The normalized spacial score (nSPS) is 11.0. The van der Waals surface area contributed by atoms with Crippen LogP contribution in [-0.2, 0) is 17.9 Å². The number of nitrogens with two attached hydrogens (primary N) is 1. The highest BCUT2D eigenvalue weighted by molar-refractivity contribution is 6.30. The maximum absolute atomic E-state index is 12.6. The Morgan fingerprint density at radius 3 is 2.71 bits per heavy atom. The van der Waals surface area contributed by atoms with Gasteiger partial charge in [0, 0.05) is 23.2 Å². The molecule has 182 valence electrons. The summed E-state index contributed by atoms with van der Waals surface area (Å²) in [6.45, 7) is 4.19. The van der Waals surface area contributed by atoms with Gasteiger partial charge in [-0.25, -0.2) is 4.68 Å². The van der Waals surface area contributed by atoms with Gasteiger partial charge in [0.1, 0.15) is 23.7 Å². The van der Waals surface area contributed by atoms with Crippen molar-refractivity contribution in [3.8, 4) is 28.6 Å². The summed E-state index contributed by atoms with van der Waals surface area (Å²) in [4.78, 5) is 17.1. The number of nitrogens with one attached hydrogen (secondary N) is 2. The molecule has 2 aromatic carbocycles. The van der Waals surface area contributed by atoms with Crippen molar-refractivity contribution in [1.82, 2.24) is 25.2 Å². The van der Waals surface area contributed by atoms with E-state index in [9.17, 15) is 4.79 Å². The highest BCUT2D eigenvalue weighted by Crippen LogP contribution is 2.34. The van der Waals surface area contributed by atoms with Crippen LogP contribution in [-0.4, -0.2) is 39.0 Å². The van der Waals surface area contributed by atoms with Crippen molar-refractivity contribution in [2.45, 2.75) is 33.0 Å². The van der Waals surface area contributed by atoms with E-state index >= 15 is 0 Å². The number of carbonyl (C=O) groups is 1. The molecule has 0 aliphatic rings. The third-order valence-electron chi connectivity index (χ3n) is 5.08. The lowest BCUT2D eigenvalue weighted by molar-refractivity contribution is -0.121. The molecule has 0 bridgehead atoms. The van der Waals surface area contributed by atoms with E-state index < -0.39 is 0 Å². The Morgan fingerprint density at radius 2 is 2.00 bits per heavy atom. The quantitative estimate of drug-likeness (QED) is 0.317. The lowest BCUT2D eigenvalue weighted by Gasteiger charge is -2.08. The van der Waals surface area contributed by atoms with Crippen LogP contribution in [0, 0.1) is 0 Å². The summed E-state index contributed by atoms with van der Waals surface area (Å²) in [5.41, 5.74) is 8.48. The highest BCUT2D eigenvalue weighted by Gasteiger charge is 2.24. The number of benzene rings is 2. The minimum Gasteiger partial charge on any atom is -0.497 e. The Morgan fingerprint density at radius 1 is 1.23 bits per heavy atom. The van der Waals surface area contributed by atoms with E-state index in [1.807, 2.05) is 38.1 Å². The second kappa shape index (κ2) is 10.5. The number of halogens is 1. The molecule has 0 unspecified atom stereocenters. The SMILES string of the molecule is COc1cccc(CNC(=O)Cn2nc(NC(C)C)c(-c3nc(-c4ccc(Cl)cc4)no3)c2N)c1. The van der Waals surface area contributed by atoms with Crippen LogP contribution in [0.2, 0.25) is 5.02 Å². The van der Waals surface area contributed by atoms with Crippen molar-refractivity contribution < 1.29 is 14.1 Å². The highest BCUT2D eigenvalue weighted by atomic mass is 35.5. The second-order valence-electron chi connectivity index (χ2n) is 8.12. The third-order valence-corrected chi connectivity index (χ3v) is 5.33. The van der Waals surface area contributed by atoms with Gasteiger partial charge in [-0.15, -0.1) is 0 Å². The van der Waals surface area contributed by atoms with Crippen LogP contribution in [0.1, 0.15) is 19.4 Å². The number of hydrogen-bond acceptors (Lipinski definition) is 8. The second-order valence-corrected chi connectivity index (χ2v) is 8.56. The molecule has 0 aliphatic carbocycles. The first-order valence-corrected chi connectivity index (χ1v) is 11.3. The van der Waals surface area contributed by atoms with Gasteiger partial charge in [-0.1, -0.05) is 28.9 Å². The molecular formula is C24H26ClN7O3. The Labute approximate surface area is 207 Å². The molecule has 0 atom stereocenters. The molecule has 2 aromatic heterocycles. The van der Waals surface area contributed by atoms with Gasteiger partial charge in [0.05, 0.1) is 7.11 Å². The molecule has 2 heterocycles. The van der Waals surface area contributed by atoms with Gasteiger partial charge in [-0.05, 0) is 55.8 Å². The average Bonchev–Trinajstić information content (AvgIpc) is 3.42. The molecule has 4 aromatic rings. The van der Waals surface area contributed by atoms with Crippen molar-refractivity contribution in [3.05, 3.63) is 59.1 Å². The zero-order valence-corrected chi connectivity index (χ0v) is 20.3. The van der Waals surface area contributed by atoms with Crippen LogP contribution in [0.15, 0.2) is 53.1 Å². The summed E-state index contributed by atoms with van der Waals surface area (Å²) in [5.74, 6) is 1.73. The fraction of sp³-hybridized carbons (Fsp3) is 0.250. The molecule has 0 saturated carbocycles. The summed E-state index contributed by atoms with van der Waals surface area (Å²) in [7, 11) is 1.60. The van der Waals surface area contributed by atoms with E-state index in [4.69, 9.17) is 26.6 Å². The van der Waals surface area contributed by atoms with Crippen molar-refractivity contribution in [3.63, 3.8) is 0 Å². The number of nitrogens with zero attached hydrogens (tertiary/aromatic N) is 4. The van der Waals surface area contributed by atoms with Crippen molar-refractivity contribution in [2.75, 3.05) is 18.2 Å². The van der Waals surface area contributed by atoms with Gasteiger partial charge < -0.3 is 25.6 Å². The molecule has 0 fully saturated rings. The molecule has 11 heteroatoms. The predicted molar refractivity (Wildman–Crippen MR) is 134 cm³/mol. The first-order valence-electron chi connectivity index (χ1n) is 11.0. The summed E-state index contributed by atoms with van der Waals surface area (Å²) < 4.78 is 12.1. The van der Waals surface area contributed by atoms with Crippen LogP contribution in [0.3, 0.4) is 0 Å². The number of ether oxygens (including phenoxy) is 1. The van der Waals surface area contributed by atoms with Crippen LogP contribution in [0.4, 0.5) is 11.6 Å². The fourth-order valence-corrected chi connectivity index (χ4v) is 3.52. The Bertz CT molecular complexity index is 1320. The first kappa shape index (κ1) is 24.1. The van der Waals surface area contributed by atoms with E-state index in [0.717, 1.165) is 16.9 Å². The number of nitrogen functional groups attached to an aromatic ring is 1. The molecule has 1 amide bonds. The molecule has 4 N–H and O–H groups in total. The molecular weight excluding hydrogens is 470 g/mol. The van der Waals surface area contributed by atoms with E-state index in [0.29, 0.717) is 28.8 Å². The van der Waals surface area contributed by atoms with Crippen molar-refractivity contribution >= 4 is 29.1 Å². The standard InChI is InChI=1S/C24H26ClN7O3/c1-14(2)28-23-20(24-29-22(31-35-24)16-7-9-17(25)10-8-16)21(26)32(30-23)13-19(33)27-12-15-5-4-6-18(11-15)34-3/h4-11,14H,12-13,26H2,1-3H3,(H,27,33)(H,28,30). The monoisotopic (exact) mass is 495 g/mol. The average molecular weight is 496 g/mol. The molecule has 0 aliphatic heterocycles. The number of amides is 1. The minimum absolute atomic E-state index is 0.0528. The molecule has 4 rings (SSSR count). The summed E-state index contributed by atoms with van der Waals surface area (Å²) >= 11 is 5.97. The van der Waals surface area contributed by atoms with Crippen LogP contribution in [0.25, 0.3) is 22.8 Å². The Hall–Kier alpha value is -4.05. The Balaban J connectivity index is 1.55. The number of carbonyl (C=O) groups excluding carboxylic acids is 1. The van der Waals surface area contributed by atoms with E-state index in [-0.39, 0.29) is 30.2 Å². The van der Waals surface area contributed by atoms with Gasteiger partial charge in [0.15, 0.2) is 5.82 Å². The lowest BCUT2D eigenvalue weighted by Crippen LogP contribution is -2.28. The van der Waals surface area contributed by atoms with Gasteiger partial charge in [0.2, 0.25) is 11.7 Å².